The molecule has 1 aliphatic heterocycles. The number of hydrogen-bond acceptors (Lipinski definition) is 2. The zero-order valence-corrected chi connectivity index (χ0v) is 10.2. The molecule has 0 saturated carbocycles. The van der Waals surface area contributed by atoms with Crippen LogP contribution in [0.1, 0.15) is 5.56 Å². The smallest absolute Gasteiger partial charge is 0.125 e. The Morgan fingerprint density at radius 1 is 1.19 bits per heavy atom. The maximum Gasteiger partial charge on any atom is 0.125 e. The molecule has 2 nitrogen and oxygen atoms in total. The zero-order chi connectivity index (χ0) is 11.5. The van der Waals surface area contributed by atoms with E-state index in [2.05, 4.69) is 16.8 Å². The van der Waals surface area contributed by atoms with Crippen molar-refractivity contribution in [2.45, 2.75) is 5.88 Å². The summed E-state index contributed by atoms with van der Waals surface area (Å²) in [5, 5.41) is 0. The molecule has 0 N–H and O–H groups in total. The van der Waals surface area contributed by atoms with Crippen LogP contribution in [-0.2, 0) is 5.88 Å². The Bertz CT molecular complexity index is 362. The van der Waals surface area contributed by atoms with Crippen molar-refractivity contribution >= 4 is 17.3 Å². The van der Waals surface area contributed by atoms with Gasteiger partial charge in [0.15, 0.2) is 0 Å². The van der Waals surface area contributed by atoms with Crippen LogP contribution in [0.2, 0.25) is 0 Å². The van der Waals surface area contributed by atoms with Gasteiger partial charge in [0.05, 0.1) is 0 Å². The summed E-state index contributed by atoms with van der Waals surface area (Å²) in [6, 6.07) is 5.05. The van der Waals surface area contributed by atoms with Gasteiger partial charge in [0.2, 0.25) is 0 Å². The maximum absolute atomic E-state index is 13.4. The molecule has 0 amide bonds. The molecule has 1 aromatic carbocycles. The summed E-state index contributed by atoms with van der Waals surface area (Å²) in [6.07, 6.45) is 0. The van der Waals surface area contributed by atoms with Gasteiger partial charge in [-0.2, -0.15) is 0 Å². The SMILES string of the molecule is CN1CCN(c2cc(F)cc(CCl)c2)CC1. The molecular weight excluding hydrogens is 227 g/mol. The highest BCUT2D eigenvalue weighted by atomic mass is 35.5. The molecule has 0 radical (unpaired) electrons. The molecule has 1 aromatic rings. The fraction of sp³-hybridized carbons (Fsp3) is 0.500. The van der Waals surface area contributed by atoms with Crippen LogP contribution in [0.15, 0.2) is 18.2 Å². The lowest BCUT2D eigenvalue weighted by Gasteiger charge is -2.34. The van der Waals surface area contributed by atoms with Crippen LogP contribution in [0.4, 0.5) is 10.1 Å². The molecule has 1 heterocycles. The van der Waals surface area contributed by atoms with Crippen LogP contribution < -0.4 is 4.90 Å². The van der Waals surface area contributed by atoms with E-state index in [1.165, 1.54) is 6.07 Å². The third kappa shape index (κ3) is 2.66. The molecule has 1 aliphatic rings. The highest BCUT2D eigenvalue weighted by Gasteiger charge is 2.15. The summed E-state index contributed by atoms with van der Waals surface area (Å²) in [5.74, 6) is 0.158. The highest BCUT2D eigenvalue weighted by Crippen LogP contribution is 2.20. The fourth-order valence-electron chi connectivity index (χ4n) is 1.96. The van der Waals surface area contributed by atoms with Gasteiger partial charge >= 0.3 is 0 Å². The van der Waals surface area contributed by atoms with E-state index < -0.39 is 0 Å². The normalized spacial score (nSPS) is 17.8. The van der Waals surface area contributed by atoms with Crippen LogP contribution in [-0.4, -0.2) is 38.1 Å². The number of hydrogen-bond donors (Lipinski definition) is 0. The molecule has 0 unspecified atom stereocenters. The molecule has 88 valence electrons. The molecule has 0 aliphatic carbocycles. The first kappa shape index (κ1) is 11.7. The predicted molar refractivity (Wildman–Crippen MR) is 65.7 cm³/mol. The number of rotatable bonds is 2. The average Bonchev–Trinajstić information content (AvgIpc) is 2.29. The second kappa shape index (κ2) is 5.02. The predicted octanol–water partition coefficient (Wildman–Crippen LogP) is 2.32. The number of benzene rings is 1. The molecule has 16 heavy (non-hydrogen) atoms. The minimum Gasteiger partial charge on any atom is -0.369 e. The third-order valence-electron chi connectivity index (χ3n) is 2.97. The van der Waals surface area contributed by atoms with E-state index in [-0.39, 0.29) is 5.82 Å². The summed E-state index contributed by atoms with van der Waals surface area (Å²) < 4.78 is 13.4. The van der Waals surface area contributed by atoms with E-state index in [4.69, 9.17) is 11.6 Å². The van der Waals surface area contributed by atoms with Crippen molar-refractivity contribution in [3.05, 3.63) is 29.6 Å². The Kier molecular flexibility index (Phi) is 3.66. The lowest BCUT2D eigenvalue weighted by atomic mass is 10.2. The summed E-state index contributed by atoms with van der Waals surface area (Å²) in [6.45, 7) is 3.93. The number of alkyl halides is 1. The van der Waals surface area contributed by atoms with Gasteiger partial charge in [-0.25, -0.2) is 4.39 Å². The van der Waals surface area contributed by atoms with Crippen molar-refractivity contribution in [3.63, 3.8) is 0 Å². The number of halogens is 2. The van der Waals surface area contributed by atoms with Crippen molar-refractivity contribution in [3.8, 4) is 0 Å². The summed E-state index contributed by atoms with van der Waals surface area (Å²) in [7, 11) is 2.10. The quantitative estimate of drug-likeness (QED) is 0.735. The average molecular weight is 243 g/mol. The first-order valence-electron chi connectivity index (χ1n) is 5.48. The largest absolute Gasteiger partial charge is 0.369 e. The van der Waals surface area contributed by atoms with Crippen molar-refractivity contribution in [1.82, 2.24) is 4.90 Å². The number of piperazine rings is 1. The van der Waals surface area contributed by atoms with Gasteiger partial charge in [0.1, 0.15) is 5.82 Å². The third-order valence-corrected chi connectivity index (χ3v) is 3.27. The van der Waals surface area contributed by atoms with E-state index >= 15 is 0 Å². The van der Waals surface area contributed by atoms with Gasteiger partial charge in [-0.15, -0.1) is 11.6 Å². The Morgan fingerprint density at radius 3 is 2.50 bits per heavy atom. The monoisotopic (exact) mass is 242 g/mol. The van der Waals surface area contributed by atoms with E-state index in [0.29, 0.717) is 5.88 Å². The van der Waals surface area contributed by atoms with Gasteiger partial charge in [0, 0.05) is 37.7 Å². The second-order valence-corrected chi connectivity index (χ2v) is 4.51. The van der Waals surface area contributed by atoms with Crippen LogP contribution in [0, 0.1) is 5.82 Å². The summed E-state index contributed by atoms with van der Waals surface area (Å²) in [5.41, 5.74) is 1.79. The molecular formula is C12H16ClFN2. The van der Waals surface area contributed by atoms with Crippen molar-refractivity contribution in [1.29, 1.82) is 0 Å². The van der Waals surface area contributed by atoms with Crippen LogP contribution in [0.3, 0.4) is 0 Å². The number of nitrogens with zero attached hydrogens (tertiary/aromatic N) is 2. The van der Waals surface area contributed by atoms with Crippen LogP contribution in [0.25, 0.3) is 0 Å². The van der Waals surface area contributed by atoms with E-state index in [9.17, 15) is 4.39 Å². The molecule has 4 heteroatoms. The molecule has 1 fully saturated rings. The Morgan fingerprint density at radius 2 is 1.88 bits per heavy atom. The summed E-state index contributed by atoms with van der Waals surface area (Å²) >= 11 is 5.74. The topological polar surface area (TPSA) is 6.48 Å². The van der Waals surface area contributed by atoms with E-state index in [1.807, 2.05) is 6.07 Å². The molecule has 0 aromatic heterocycles. The van der Waals surface area contributed by atoms with E-state index in [0.717, 1.165) is 37.4 Å². The minimum atomic E-state index is -0.202. The Labute approximate surface area is 101 Å². The minimum absolute atomic E-state index is 0.202. The molecule has 0 spiro atoms. The molecule has 0 atom stereocenters. The van der Waals surface area contributed by atoms with Gasteiger partial charge in [0.25, 0.3) is 0 Å². The van der Waals surface area contributed by atoms with Crippen LogP contribution >= 0.6 is 11.6 Å². The van der Waals surface area contributed by atoms with Crippen molar-refractivity contribution in [2.75, 3.05) is 38.1 Å². The molecule has 0 bridgehead atoms. The van der Waals surface area contributed by atoms with E-state index in [1.54, 1.807) is 6.07 Å². The highest BCUT2D eigenvalue weighted by molar-refractivity contribution is 6.17. The van der Waals surface area contributed by atoms with Crippen LogP contribution in [0.5, 0.6) is 0 Å². The Hall–Kier alpha value is -0.800. The lowest BCUT2D eigenvalue weighted by Crippen LogP contribution is -2.44. The molecule has 2 rings (SSSR count). The first-order chi connectivity index (χ1) is 7.69. The summed E-state index contributed by atoms with van der Waals surface area (Å²) in [4.78, 5) is 4.48. The van der Waals surface area contributed by atoms with Crippen molar-refractivity contribution in [2.24, 2.45) is 0 Å². The second-order valence-electron chi connectivity index (χ2n) is 4.24. The molecule has 1 saturated heterocycles. The Balaban J connectivity index is 2.16. The van der Waals surface area contributed by atoms with Gasteiger partial charge < -0.3 is 9.80 Å². The van der Waals surface area contributed by atoms with Gasteiger partial charge in [-0.1, -0.05) is 0 Å². The maximum atomic E-state index is 13.4. The number of likely N-dealkylation sites (N-methyl/N-ethyl adjacent to an activating group) is 1. The number of anilines is 1. The van der Waals surface area contributed by atoms with Gasteiger partial charge in [-0.3, -0.25) is 0 Å². The van der Waals surface area contributed by atoms with Crippen molar-refractivity contribution < 1.29 is 4.39 Å². The fourth-order valence-corrected chi connectivity index (χ4v) is 2.11. The zero-order valence-electron chi connectivity index (χ0n) is 9.42. The first-order valence-corrected chi connectivity index (χ1v) is 6.01. The lowest BCUT2D eigenvalue weighted by molar-refractivity contribution is 0.312. The standard InChI is InChI=1S/C12H16ClFN2/c1-15-2-4-16(5-3-15)12-7-10(9-13)6-11(14)8-12/h6-8H,2-5,9H2,1H3. The van der Waals surface area contributed by atoms with Gasteiger partial charge in [-0.05, 0) is 30.8 Å².